The van der Waals surface area contributed by atoms with Crippen LogP contribution < -0.4 is 10.6 Å². The predicted octanol–water partition coefficient (Wildman–Crippen LogP) is 1.14. The van der Waals surface area contributed by atoms with Crippen LogP contribution in [0.25, 0.3) is 0 Å². The van der Waals surface area contributed by atoms with Crippen LogP contribution in [0.3, 0.4) is 0 Å². The lowest BCUT2D eigenvalue weighted by Gasteiger charge is -2.09. The quantitative estimate of drug-likeness (QED) is 0.670. The van der Waals surface area contributed by atoms with E-state index in [0.29, 0.717) is 0 Å². The first-order valence-corrected chi connectivity index (χ1v) is 7.04. The van der Waals surface area contributed by atoms with Gasteiger partial charge in [0.25, 0.3) is 0 Å². The lowest BCUT2D eigenvalue weighted by atomic mass is 10.2. The molecule has 1 amide bonds. The summed E-state index contributed by atoms with van der Waals surface area (Å²) in [5.41, 5.74) is 0. The molecule has 86 valence electrons. The minimum atomic E-state index is 0.237. The highest BCUT2D eigenvalue weighted by molar-refractivity contribution is 8.00. The molecule has 2 rings (SSSR count). The van der Waals surface area contributed by atoms with E-state index in [1.54, 1.807) is 11.8 Å². The summed E-state index contributed by atoms with van der Waals surface area (Å²) in [6.45, 7) is 1.87. The average molecular weight is 228 g/mol. The molecule has 2 fully saturated rings. The van der Waals surface area contributed by atoms with Crippen molar-refractivity contribution in [3.63, 3.8) is 0 Å². The number of thioether (sulfide) groups is 1. The van der Waals surface area contributed by atoms with Gasteiger partial charge in [-0.3, -0.25) is 4.79 Å². The van der Waals surface area contributed by atoms with Crippen molar-refractivity contribution < 1.29 is 4.79 Å². The van der Waals surface area contributed by atoms with Gasteiger partial charge in [-0.25, -0.2) is 0 Å². The van der Waals surface area contributed by atoms with Crippen molar-refractivity contribution >= 4 is 17.7 Å². The highest BCUT2D eigenvalue weighted by atomic mass is 32.2. The van der Waals surface area contributed by atoms with Gasteiger partial charge in [0.05, 0.1) is 5.25 Å². The Labute approximate surface area is 95.8 Å². The molecule has 1 saturated carbocycles. The molecule has 2 aliphatic rings. The topological polar surface area (TPSA) is 41.1 Å². The summed E-state index contributed by atoms with van der Waals surface area (Å²) >= 11 is 1.80. The molecule has 0 aromatic heterocycles. The third kappa shape index (κ3) is 4.03. The first-order chi connectivity index (χ1) is 7.36. The molecule has 1 atom stereocenters. The highest BCUT2D eigenvalue weighted by Gasteiger charge is 2.23. The Morgan fingerprint density at radius 2 is 2.13 bits per heavy atom. The Balaban J connectivity index is 1.46. The minimum absolute atomic E-state index is 0.237. The number of hydrogen-bond acceptors (Lipinski definition) is 3. The summed E-state index contributed by atoms with van der Waals surface area (Å²) in [6.07, 6.45) is 6.00. The average Bonchev–Trinajstić information content (AvgIpc) is 2.90. The van der Waals surface area contributed by atoms with E-state index in [2.05, 4.69) is 10.6 Å². The number of hydrogen-bond donors (Lipinski definition) is 2. The smallest absolute Gasteiger partial charge is 0.233 e. The fourth-order valence-corrected chi connectivity index (χ4v) is 2.98. The van der Waals surface area contributed by atoms with Crippen molar-refractivity contribution in [2.75, 3.05) is 18.8 Å². The third-order valence-electron chi connectivity index (χ3n) is 2.89. The number of rotatable bonds is 6. The van der Waals surface area contributed by atoms with Crippen LogP contribution in [0.4, 0.5) is 0 Å². The Kier molecular flexibility index (Phi) is 4.32. The molecule has 1 unspecified atom stereocenters. The first kappa shape index (κ1) is 11.3. The van der Waals surface area contributed by atoms with Crippen LogP contribution >= 0.6 is 11.8 Å². The molecule has 1 saturated heterocycles. The fourth-order valence-electron chi connectivity index (χ4n) is 1.79. The van der Waals surface area contributed by atoms with E-state index in [1.165, 1.54) is 19.3 Å². The second-order valence-electron chi connectivity index (χ2n) is 4.37. The summed E-state index contributed by atoms with van der Waals surface area (Å²) in [5, 5.41) is 6.70. The first-order valence-electron chi connectivity index (χ1n) is 5.99. The number of carbonyl (C=O) groups is 1. The van der Waals surface area contributed by atoms with Crippen molar-refractivity contribution in [1.29, 1.82) is 0 Å². The van der Waals surface area contributed by atoms with E-state index in [4.69, 9.17) is 0 Å². The van der Waals surface area contributed by atoms with Gasteiger partial charge in [-0.15, -0.1) is 11.8 Å². The SMILES string of the molecule is O=C(NCCCNC1CC1)C1CCCS1. The molecule has 2 N–H and O–H groups in total. The summed E-state index contributed by atoms with van der Waals surface area (Å²) in [5.74, 6) is 1.41. The molecule has 4 heteroatoms. The third-order valence-corrected chi connectivity index (χ3v) is 4.26. The Hall–Kier alpha value is -0.220. The maximum absolute atomic E-state index is 11.6. The zero-order chi connectivity index (χ0) is 10.5. The molecule has 1 heterocycles. The van der Waals surface area contributed by atoms with Gasteiger partial charge in [-0.05, 0) is 44.4 Å². The number of carbonyl (C=O) groups excluding carboxylic acids is 1. The van der Waals surface area contributed by atoms with E-state index < -0.39 is 0 Å². The molecule has 1 aliphatic carbocycles. The Bertz CT molecular complexity index is 213. The van der Waals surface area contributed by atoms with Gasteiger partial charge in [0.2, 0.25) is 5.91 Å². The molecule has 0 aromatic rings. The van der Waals surface area contributed by atoms with Gasteiger partial charge in [0.1, 0.15) is 0 Å². The number of amides is 1. The minimum Gasteiger partial charge on any atom is -0.355 e. The fraction of sp³-hybridized carbons (Fsp3) is 0.909. The summed E-state index contributed by atoms with van der Waals surface area (Å²) in [7, 11) is 0. The maximum Gasteiger partial charge on any atom is 0.233 e. The van der Waals surface area contributed by atoms with Gasteiger partial charge in [-0.2, -0.15) is 0 Å². The molecule has 3 nitrogen and oxygen atoms in total. The molecular formula is C11H20N2OS. The second kappa shape index (κ2) is 5.75. The predicted molar refractivity (Wildman–Crippen MR) is 64.1 cm³/mol. The largest absolute Gasteiger partial charge is 0.355 e. The standard InChI is InChI=1S/C11H20N2OS/c14-11(10-3-1-8-15-10)13-7-2-6-12-9-4-5-9/h9-10,12H,1-8H2,(H,13,14). The van der Waals surface area contributed by atoms with E-state index in [9.17, 15) is 4.79 Å². The summed E-state index contributed by atoms with van der Waals surface area (Å²) < 4.78 is 0. The van der Waals surface area contributed by atoms with E-state index in [0.717, 1.165) is 37.7 Å². The van der Waals surface area contributed by atoms with E-state index >= 15 is 0 Å². The molecular weight excluding hydrogens is 208 g/mol. The molecule has 0 bridgehead atoms. The lowest BCUT2D eigenvalue weighted by Crippen LogP contribution is -2.33. The zero-order valence-corrected chi connectivity index (χ0v) is 9.94. The molecule has 0 aromatic carbocycles. The zero-order valence-electron chi connectivity index (χ0n) is 9.13. The molecule has 0 spiro atoms. The van der Waals surface area contributed by atoms with Crippen LogP contribution in [0, 0.1) is 0 Å². The van der Waals surface area contributed by atoms with E-state index in [-0.39, 0.29) is 11.2 Å². The normalized spacial score (nSPS) is 25.5. The monoisotopic (exact) mass is 228 g/mol. The molecule has 15 heavy (non-hydrogen) atoms. The van der Waals surface area contributed by atoms with Crippen LogP contribution in [-0.4, -0.2) is 36.0 Å². The van der Waals surface area contributed by atoms with Gasteiger partial charge >= 0.3 is 0 Å². The van der Waals surface area contributed by atoms with Crippen molar-refractivity contribution in [1.82, 2.24) is 10.6 Å². The summed E-state index contributed by atoms with van der Waals surface area (Å²) in [4.78, 5) is 11.6. The number of nitrogens with one attached hydrogen (secondary N) is 2. The maximum atomic E-state index is 11.6. The van der Waals surface area contributed by atoms with Gasteiger partial charge in [0.15, 0.2) is 0 Å². The second-order valence-corrected chi connectivity index (χ2v) is 5.69. The Morgan fingerprint density at radius 1 is 1.27 bits per heavy atom. The lowest BCUT2D eigenvalue weighted by molar-refractivity contribution is -0.120. The summed E-state index contributed by atoms with van der Waals surface area (Å²) in [6, 6.07) is 0.783. The highest BCUT2D eigenvalue weighted by Crippen LogP contribution is 2.25. The van der Waals surface area contributed by atoms with Crippen LogP contribution in [-0.2, 0) is 4.79 Å². The van der Waals surface area contributed by atoms with Gasteiger partial charge in [-0.1, -0.05) is 0 Å². The van der Waals surface area contributed by atoms with Crippen LogP contribution in [0.5, 0.6) is 0 Å². The molecule has 0 radical (unpaired) electrons. The van der Waals surface area contributed by atoms with Crippen molar-refractivity contribution in [3.05, 3.63) is 0 Å². The van der Waals surface area contributed by atoms with Crippen molar-refractivity contribution in [3.8, 4) is 0 Å². The van der Waals surface area contributed by atoms with Crippen LogP contribution in [0.2, 0.25) is 0 Å². The van der Waals surface area contributed by atoms with Crippen LogP contribution in [0.15, 0.2) is 0 Å². The van der Waals surface area contributed by atoms with Crippen LogP contribution in [0.1, 0.15) is 32.1 Å². The van der Waals surface area contributed by atoms with Gasteiger partial charge < -0.3 is 10.6 Å². The Morgan fingerprint density at radius 3 is 2.80 bits per heavy atom. The van der Waals surface area contributed by atoms with Gasteiger partial charge in [0, 0.05) is 12.6 Å². The van der Waals surface area contributed by atoms with E-state index in [1.807, 2.05) is 0 Å². The van der Waals surface area contributed by atoms with Crippen molar-refractivity contribution in [2.45, 2.75) is 43.4 Å². The van der Waals surface area contributed by atoms with Crippen molar-refractivity contribution in [2.24, 2.45) is 0 Å². The molecule has 1 aliphatic heterocycles.